The molecule has 0 bridgehead atoms. The number of hydrogen-bond acceptors (Lipinski definition) is 3. The SMILES string of the molecule is C[C@]12CC[C@H](O)C[C@@H]1[C@H](O)C[C@H]1[C@H]2CC[C@@]2(C)[C@@H]1CC[C@]2(C)O. The lowest BCUT2D eigenvalue weighted by atomic mass is 9.44. The van der Waals surface area contributed by atoms with Crippen molar-refractivity contribution in [1.29, 1.82) is 0 Å². The highest BCUT2D eigenvalue weighted by molar-refractivity contribution is 5.14. The van der Waals surface area contributed by atoms with Gasteiger partial charge in [-0.05, 0) is 92.8 Å². The Labute approximate surface area is 140 Å². The molecule has 4 fully saturated rings. The number of rotatable bonds is 0. The van der Waals surface area contributed by atoms with Crippen LogP contribution < -0.4 is 0 Å². The van der Waals surface area contributed by atoms with Crippen LogP contribution in [-0.2, 0) is 0 Å². The molecule has 23 heavy (non-hydrogen) atoms. The molecule has 0 aromatic carbocycles. The Hall–Kier alpha value is -0.120. The van der Waals surface area contributed by atoms with Crippen LogP contribution in [-0.4, -0.2) is 33.1 Å². The zero-order chi connectivity index (χ0) is 16.6. The van der Waals surface area contributed by atoms with Gasteiger partial charge in [-0.25, -0.2) is 0 Å². The van der Waals surface area contributed by atoms with Crippen molar-refractivity contribution in [2.24, 2.45) is 34.5 Å². The van der Waals surface area contributed by atoms with Crippen molar-refractivity contribution < 1.29 is 15.3 Å². The lowest BCUT2D eigenvalue weighted by molar-refractivity contribution is -0.185. The number of aliphatic hydroxyl groups excluding tert-OH is 2. The zero-order valence-electron chi connectivity index (χ0n) is 15.0. The molecule has 3 nitrogen and oxygen atoms in total. The lowest BCUT2D eigenvalue weighted by Crippen LogP contribution is -2.59. The predicted molar refractivity (Wildman–Crippen MR) is 89.7 cm³/mol. The first-order valence-corrected chi connectivity index (χ1v) is 9.77. The van der Waals surface area contributed by atoms with E-state index in [9.17, 15) is 15.3 Å². The average molecular weight is 322 g/mol. The first-order chi connectivity index (χ1) is 10.7. The number of fused-ring (bicyclic) bond motifs is 5. The average Bonchev–Trinajstić information content (AvgIpc) is 2.72. The van der Waals surface area contributed by atoms with Crippen LogP contribution in [0.25, 0.3) is 0 Å². The molecule has 3 N–H and O–H groups in total. The van der Waals surface area contributed by atoms with Gasteiger partial charge >= 0.3 is 0 Å². The first-order valence-electron chi connectivity index (χ1n) is 9.77. The van der Waals surface area contributed by atoms with E-state index in [1.165, 1.54) is 6.42 Å². The number of hydrogen-bond donors (Lipinski definition) is 3. The highest BCUT2D eigenvalue weighted by atomic mass is 16.3. The minimum absolute atomic E-state index is 0.0191. The van der Waals surface area contributed by atoms with Crippen molar-refractivity contribution in [3.63, 3.8) is 0 Å². The van der Waals surface area contributed by atoms with Gasteiger partial charge in [-0.1, -0.05) is 13.8 Å². The third-order valence-electron chi connectivity index (χ3n) is 9.21. The largest absolute Gasteiger partial charge is 0.393 e. The lowest BCUT2D eigenvalue weighted by Gasteiger charge is -2.62. The summed E-state index contributed by atoms with van der Waals surface area (Å²) in [6.07, 6.45) is 7.43. The second-order valence-electron chi connectivity index (χ2n) is 9.99. The van der Waals surface area contributed by atoms with E-state index in [1.54, 1.807) is 0 Å². The Kier molecular flexibility index (Phi) is 3.52. The van der Waals surface area contributed by atoms with E-state index >= 15 is 0 Å². The fourth-order valence-electron chi connectivity index (χ4n) is 7.52. The summed E-state index contributed by atoms with van der Waals surface area (Å²) in [5.74, 6) is 2.03. The quantitative estimate of drug-likeness (QED) is 0.642. The van der Waals surface area contributed by atoms with Crippen molar-refractivity contribution in [3.8, 4) is 0 Å². The minimum atomic E-state index is -0.548. The molecular weight excluding hydrogens is 288 g/mol. The van der Waals surface area contributed by atoms with Crippen LogP contribution in [0.4, 0.5) is 0 Å². The van der Waals surface area contributed by atoms with Gasteiger partial charge in [-0.3, -0.25) is 0 Å². The summed E-state index contributed by atoms with van der Waals surface area (Å²) in [6.45, 7) is 6.72. The minimum Gasteiger partial charge on any atom is -0.393 e. The van der Waals surface area contributed by atoms with Crippen LogP contribution in [0.3, 0.4) is 0 Å². The molecule has 132 valence electrons. The summed E-state index contributed by atoms with van der Waals surface area (Å²) in [4.78, 5) is 0. The van der Waals surface area contributed by atoms with E-state index in [0.717, 1.165) is 44.9 Å². The molecule has 0 saturated heterocycles. The zero-order valence-corrected chi connectivity index (χ0v) is 15.0. The molecule has 0 spiro atoms. The predicted octanol–water partition coefficient (Wildman–Crippen LogP) is 3.11. The third-order valence-corrected chi connectivity index (χ3v) is 9.21. The molecule has 0 heterocycles. The second-order valence-corrected chi connectivity index (χ2v) is 9.99. The van der Waals surface area contributed by atoms with E-state index in [1.807, 2.05) is 6.92 Å². The third kappa shape index (κ3) is 2.05. The van der Waals surface area contributed by atoms with Gasteiger partial charge in [0.05, 0.1) is 17.8 Å². The molecule has 0 aromatic heterocycles. The highest BCUT2D eigenvalue weighted by Gasteiger charge is 2.64. The molecule has 0 aliphatic heterocycles. The Bertz CT molecular complexity index is 489. The molecule has 4 saturated carbocycles. The summed E-state index contributed by atoms with van der Waals surface area (Å²) < 4.78 is 0. The first kappa shape index (κ1) is 16.4. The van der Waals surface area contributed by atoms with Crippen molar-refractivity contribution >= 4 is 0 Å². The van der Waals surface area contributed by atoms with Crippen molar-refractivity contribution in [3.05, 3.63) is 0 Å². The van der Waals surface area contributed by atoms with Crippen molar-refractivity contribution in [2.45, 2.75) is 89.9 Å². The van der Waals surface area contributed by atoms with Crippen LogP contribution in [0.15, 0.2) is 0 Å². The van der Waals surface area contributed by atoms with Gasteiger partial charge < -0.3 is 15.3 Å². The topological polar surface area (TPSA) is 60.7 Å². The molecule has 0 radical (unpaired) electrons. The normalized spacial score (nSPS) is 62.3. The summed E-state index contributed by atoms with van der Waals surface area (Å²) in [5.41, 5.74) is -0.350. The fourth-order valence-corrected chi connectivity index (χ4v) is 7.52. The Morgan fingerprint density at radius 1 is 0.783 bits per heavy atom. The van der Waals surface area contributed by atoms with Crippen LogP contribution in [0.1, 0.15) is 72.1 Å². The van der Waals surface area contributed by atoms with Crippen LogP contribution in [0.2, 0.25) is 0 Å². The van der Waals surface area contributed by atoms with E-state index in [-0.39, 0.29) is 29.0 Å². The van der Waals surface area contributed by atoms with Crippen molar-refractivity contribution in [2.75, 3.05) is 0 Å². The van der Waals surface area contributed by atoms with E-state index in [4.69, 9.17) is 0 Å². The van der Waals surface area contributed by atoms with Gasteiger partial charge in [0.25, 0.3) is 0 Å². The van der Waals surface area contributed by atoms with E-state index in [2.05, 4.69) is 13.8 Å². The molecule has 0 unspecified atom stereocenters. The molecule has 3 heteroatoms. The molecule has 0 amide bonds. The van der Waals surface area contributed by atoms with Crippen LogP contribution in [0.5, 0.6) is 0 Å². The standard InChI is InChI=1S/C20H34O3/c1-18-7-4-12(21)10-16(18)17(22)11-13-14(18)5-8-19(2)15(13)6-9-20(19,3)23/h12-17,21-23H,4-11H2,1-3H3/t12-,13-,14+,15+,16+,17+,18+,19-,20-/m0/s1. The highest BCUT2D eigenvalue weighted by Crippen LogP contribution is 2.68. The summed E-state index contributed by atoms with van der Waals surface area (Å²) in [6, 6.07) is 0. The van der Waals surface area contributed by atoms with Gasteiger partial charge in [0, 0.05) is 0 Å². The van der Waals surface area contributed by atoms with E-state index < -0.39 is 5.60 Å². The molecule has 4 rings (SSSR count). The van der Waals surface area contributed by atoms with Gasteiger partial charge in [0.2, 0.25) is 0 Å². The van der Waals surface area contributed by atoms with Gasteiger partial charge in [0.15, 0.2) is 0 Å². The summed E-state index contributed by atoms with van der Waals surface area (Å²) >= 11 is 0. The maximum atomic E-state index is 10.9. The van der Waals surface area contributed by atoms with Gasteiger partial charge in [-0.15, -0.1) is 0 Å². The number of aliphatic hydroxyl groups is 3. The van der Waals surface area contributed by atoms with Crippen LogP contribution in [0, 0.1) is 34.5 Å². The maximum Gasteiger partial charge on any atom is 0.0675 e. The molecule has 0 aromatic rings. The van der Waals surface area contributed by atoms with Gasteiger partial charge in [0.1, 0.15) is 0 Å². The van der Waals surface area contributed by atoms with Crippen molar-refractivity contribution in [1.82, 2.24) is 0 Å². The maximum absolute atomic E-state index is 10.9. The smallest absolute Gasteiger partial charge is 0.0675 e. The Morgan fingerprint density at radius 3 is 2.22 bits per heavy atom. The monoisotopic (exact) mass is 322 g/mol. The molecule has 9 atom stereocenters. The second kappa shape index (κ2) is 4.95. The van der Waals surface area contributed by atoms with Crippen LogP contribution >= 0.6 is 0 Å². The Morgan fingerprint density at radius 2 is 1.48 bits per heavy atom. The summed E-state index contributed by atoms with van der Waals surface area (Å²) in [7, 11) is 0. The molecule has 4 aliphatic rings. The Balaban J connectivity index is 1.68. The molecular formula is C20H34O3. The molecule has 4 aliphatic carbocycles. The fraction of sp³-hybridized carbons (Fsp3) is 1.00. The van der Waals surface area contributed by atoms with Gasteiger partial charge in [-0.2, -0.15) is 0 Å². The van der Waals surface area contributed by atoms with E-state index in [0.29, 0.717) is 17.8 Å². The summed E-state index contributed by atoms with van der Waals surface area (Å²) in [5, 5.41) is 31.9.